The van der Waals surface area contributed by atoms with Crippen molar-refractivity contribution in [1.82, 2.24) is 4.31 Å². The standard InChI is InChI=1S/C13H18N2O3S2/c1-9-8-15(6-5-12(9)16)20(17,18)11-4-2-3-10(7-11)13(14)19/h2-4,7,9,12,16H,5-6,8H2,1H3,(H2,14,19). The summed E-state index contributed by atoms with van der Waals surface area (Å²) in [7, 11) is -3.57. The molecule has 1 aromatic rings. The number of hydrogen-bond acceptors (Lipinski definition) is 4. The third-order valence-electron chi connectivity index (χ3n) is 3.58. The van der Waals surface area contributed by atoms with E-state index in [1.807, 2.05) is 6.92 Å². The molecule has 0 bridgehead atoms. The summed E-state index contributed by atoms with van der Waals surface area (Å²) in [5, 5.41) is 9.69. The van der Waals surface area contributed by atoms with Gasteiger partial charge in [-0.05, 0) is 24.5 Å². The van der Waals surface area contributed by atoms with Crippen LogP contribution < -0.4 is 5.73 Å². The Morgan fingerprint density at radius 1 is 1.50 bits per heavy atom. The Morgan fingerprint density at radius 2 is 2.20 bits per heavy atom. The van der Waals surface area contributed by atoms with E-state index >= 15 is 0 Å². The SMILES string of the molecule is CC1CN(S(=O)(=O)c2cccc(C(N)=S)c2)CCC1O. The summed E-state index contributed by atoms with van der Waals surface area (Å²) >= 11 is 4.87. The third kappa shape index (κ3) is 3.01. The molecule has 1 saturated heterocycles. The van der Waals surface area contributed by atoms with Crippen molar-refractivity contribution >= 4 is 27.2 Å². The van der Waals surface area contributed by atoms with Crippen LogP contribution in [0.4, 0.5) is 0 Å². The minimum absolute atomic E-state index is 0.0720. The van der Waals surface area contributed by atoms with Crippen LogP contribution in [-0.4, -0.2) is 42.0 Å². The first-order chi connectivity index (χ1) is 9.32. The quantitative estimate of drug-likeness (QED) is 0.803. The minimum atomic E-state index is -3.57. The molecule has 110 valence electrons. The van der Waals surface area contributed by atoms with Crippen LogP contribution in [0.25, 0.3) is 0 Å². The topological polar surface area (TPSA) is 83.6 Å². The maximum Gasteiger partial charge on any atom is 0.243 e. The fraction of sp³-hybridized carbons (Fsp3) is 0.462. The van der Waals surface area contributed by atoms with E-state index in [4.69, 9.17) is 18.0 Å². The van der Waals surface area contributed by atoms with Gasteiger partial charge in [0.15, 0.2) is 0 Å². The Balaban J connectivity index is 2.31. The van der Waals surface area contributed by atoms with E-state index in [1.165, 1.54) is 16.4 Å². The highest BCUT2D eigenvalue weighted by Crippen LogP contribution is 2.24. The number of benzene rings is 1. The number of aliphatic hydroxyl groups is 1. The lowest BCUT2D eigenvalue weighted by atomic mass is 9.99. The van der Waals surface area contributed by atoms with E-state index in [0.29, 0.717) is 25.1 Å². The van der Waals surface area contributed by atoms with Gasteiger partial charge in [0.1, 0.15) is 4.99 Å². The van der Waals surface area contributed by atoms with E-state index in [0.717, 1.165) is 0 Å². The van der Waals surface area contributed by atoms with E-state index in [9.17, 15) is 13.5 Å². The lowest BCUT2D eigenvalue weighted by molar-refractivity contribution is 0.0628. The van der Waals surface area contributed by atoms with Crippen LogP contribution >= 0.6 is 12.2 Å². The number of thiocarbonyl (C=S) groups is 1. The molecular formula is C13H18N2O3S2. The van der Waals surface area contributed by atoms with Gasteiger partial charge in [-0.25, -0.2) is 8.42 Å². The van der Waals surface area contributed by atoms with Crippen molar-refractivity contribution in [3.05, 3.63) is 29.8 Å². The maximum absolute atomic E-state index is 12.6. The van der Waals surface area contributed by atoms with E-state index < -0.39 is 16.1 Å². The van der Waals surface area contributed by atoms with Gasteiger partial charge < -0.3 is 10.8 Å². The zero-order chi connectivity index (χ0) is 14.9. The molecule has 0 spiro atoms. The van der Waals surface area contributed by atoms with Crippen LogP contribution in [0, 0.1) is 5.92 Å². The monoisotopic (exact) mass is 314 g/mol. The molecule has 0 radical (unpaired) electrons. The molecule has 7 heteroatoms. The molecule has 0 aliphatic carbocycles. The highest BCUT2D eigenvalue weighted by Gasteiger charge is 2.32. The van der Waals surface area contributed by atoms with Gasteiger partial charge in [-0.15, -0.1) is 0 Å². The summed E-state index contributed by atoms with van der Waals surface area (Å²) in [6, 6.07) is 6.34. The molecule has 3 N–H and O–H groups in total. The largest absolute Gasteiger partial charge is 0.393 e. The molecule has 0 aromatic heterocycles. The molecule has 1 fully saturated rings. The molecule has 2 rings (SSSR count). The van der Waals surface area contributed by atoms with Crippen molar-refractivity contribution in [2.45, 2.75) is 24.3 Å². The molecule has 0 saturated carbocycles. The Hall–Kier alpha value is -1.02. The molecular weight excluding hydrogens is 296 g/mol. The smallest absolute Gasteiger partial charge is 0.243 e. The molecule has 20 heavy (non-hydrogen) atoms. The number of piperidine rings is 1. The number of nitrogens with two attached hydrogens (primary N) is 1. The Labute approximate surface area is 124 Å². The predicted molar refractivity (Wildman–Crippen MR) is 80.9 cm³/mol. The predicted octanol–water partition coefficient (Wildman–Crippen LogP) is 0.712. The second-order valence-electron chi connectivity index (χ2n) is 5.09. The fourth-order valence-corrected chi connectivity index (χ4v) is 4.00. The molecule has 1 aromatic carbocycles. The van der Waals surface area contributed by atoms with Gasteiger partial charge in [0.25, 0.3) is 0 Å². The zero-order valence-corrected chi connectivity index (χ0v) is 12.8. The van der Waals surface area contributed by atoms with Crippen LogP contribution in [0.15, 0.2) is 29.2 Å². The van der Waals surface area contributed by atoms with Gasteiger partial charge in [-0.3, -0.25) is 0 Å². The van der Waals surface area contributed by atoms with Crippen molar-refractivity contribution in [1.29, 1.82) is 0 Å². The molecule has 2 atom stereocenters. The summed E-state index contributed by atoms with van der Waals surface area (Å²) in [5.41, 5.74) is 6.07. The van der Waals surface area contributed by atoms with Crippen LogP contribution in [0.3, 0.4) is 0 Å². The van der Waals surface area contributed by atoms with Gasteiger partial charge in [0, 0.05) is 18.7 Å². The molecule has 0 amide bonds. The minimum Gasteiger partial charge on any atom is -0.393 e. The normalized spacial score (nSPS) is 24.5. The first kappa shape index (κ1) is 15.4. The van der Waals surface area contributed by atoms with Crippen LogP contribution in [-0.2, 0) is 10.0 Å². The first-order valence-corrected chi connectivity index (χ1v) is 8.25. The average Bonchev–Trinajstić information content (AvgIpc) is 2.42. The van der Waals surface area contributed by atoms with Crippen LogP contribution in [0.1, 0.15) is 18.9 Å². The molecule has 1 aliphatic heterocycles. The summed E-state index contributed by atoms with van der Waals surface area (Å²) in [4.78, 5) is 0.357. The highest BCUT2D eigenvalue weighted by molar-refractivity contribution is 7.89. The van der Waals surface area contributed by atoms with E-state index in [-0.39, 0.29) is 15.8 Å². The van der Waals surface area contributed by atoms with E-state index in [2.05, 4.69) is 0 Å². The van der Waals surface area contributed by atoms with Crippen LogP contribution in [0.2, 0.25) is 0 Å². The van der Waals surface area contributed by atoms with Crippen molar-refractivity contribution in [3.8, 4) is 0 Å². The maximum atomic E-state index is 12.6. The number of hydrogen-bond donors (Lipinski definition) is 2. The van der Waals surface area contributed by atoms with Gasteiger partial charge in [0.2, 0.25) is 10.0 Å². The first-order valence-electron chi connectivity index (χ1n) is 6.40. The van der Waals surface area contributed by atoms with E-state index in [1.54, 1.807) is 12.1 Å². The number of nitrogens with zero attached hydrogens (tertiary/aromatic N) is 1. The summed E-state index contributed by atoms with van der Waals surface area (Å²) in [6.07, 6.45) is 0.0134. The van der Waals surface area contributed by atoms with Crippen molar-refractivity contribution < 1.29 is 13.5 Å². The van der Waals surface area contributed by atoms with Gasteiger partial charge >= 0.3 is 0 Å². The van der Waals surface area contributed by atoms with Crippen molar-refractivity contribution in [2.75, 3.05) is 13.1 Å². The van der Waals surface area contributed by atoms with Crippen LogP contribution in [0.5, 0.6) is 0 Å². The summed E-state index contributed by atoms with van der Waals surface area (Å²) < 4.78 is 26.6. The van der Waals surface area contributed by atoms with Gasteiger partial charge in [-0.2, -0.15) is 4.31 Å². The molecule has 1 aliphatic rings. The summed E-state index contributed by atoms with van der Waals surface area (Å²) in [5.74, 6) is -0.0720. The zero-order valence-electron chi connectivity index (χ0n) is 11.2. The number of aliphatic hydroxyl groups excluding tert-OH is 1. The second kappa shape index (κ2) is 5.77. The number of sulfonamides is 1. The average molecular weight is 314 g/mol. The summed E-state index contributed by atoms with van der Waals surface area (Å²) in [6.45, 7) is 2.49. The Morgan fingerprint density at radius 3 is 2.80 bits per heavy atom. The third-order valence-corrected chi connectivity index (χ3v) is 5.68. The lowest BCUT2D eigenvalue weighted by Gasteiger charge is -2.33. The molecule has 2 unspecified atom stereocenters. The lowest BCUT2D eigenvalue weighted by Crippen LogP contribution is -2.44. The fourth-order valence-electron chi connectivity index (χ4n) is 2.27. The van der Waals surface area contributed by atoms with Crippen molar-refractivity contribution in [2.24, 2.45) is 11.7 Å². The molecule has 5 nitrogen and oxygen atoms in total. The Bertz CT molecular complexity index is 616. The second-order valence-corrected chi connectivity index (χ2v) is 7.47. The van der Waals surface area contributed by atoms with Gasteiger partial charge in [-0.1, -0.05) is 31.3 Å². The number of rotatable bonds is 3. The Kier molecular flexibility index (Phi) is 4.43. The van der Waals surface area contributed by atoms with Gasteiger partial charge in [0.05, 0.1) is 11.0 Å². The highest BCUT2D eigenvalue weighted by atomic mass is 32.2. The molecule has 1 heterocycles. The van der Waals surface area contributed by atoms with Crippen molar-refractivity contribution in [3.63, 3.8) is 0 Å².